The number of amides is 1. The third-order valence-corrected chi connectivity index (χ3v) is 5.20. The lowest BCUT2D eigenvalue weighted by Gasteiger charge is -2.27. The van der Waals surface area contributed by atoms with E-state index in [0.29, 0.717) is 12.1 Å². The number of carbonyl (C=O) groups is 2. The second kappa shape index (κ2) is 4.31. The van der Waals surface area contributed by atoms with E-state index in [1.165, 1.54) is 0 Å². The Labute approximate surface area is 122 Å². The van der Waals surface area contributed by atoms with Gasteiger partial charge < -0.3 is 15.2 Å². The van der Waals surface area contributed by atoms with E-state index in [1.54, 1.807) is 0 Å². The van der Waals surface area contributed by atoms with Crippen LogP contribution in [0.5, 0.6) is 0 Å². The number of rotatable bonds is 2. The number of esters is 1. The maximum atomic E-state index is 12.5. The Morgan fingerprint density at radius 2 is 2.00 bits per heavy atom. The van der Waals surface area contributed by atoms with Gasteiger partial charge in [0, 0.05) is 17.5 Å². The zero-order valence-corrected chi connectivity index (χ0v) is 11.7. The molecule has 1 aliphatic heterocycles. The smallest absolute Gasteiger partial charge is 0.310 e. The minimum Gasteiger partial charge on any atom is -0.459 e. The molecule has 5 heteroatoms. The maximum absolute atomic E-state index is 12.5. The molecule has 0 radical (unpaired) electrons. The summed E-state index contributed by atoms with van der Waals surface area (Å²) in [5, 5.41) is 13.1. The summed E-state index contributed by atoms with van der Waals surface area (Å²) in [5.41, 5.74) is 1.83. The third-order valence-electron chi connectivity index (χ3n) is 5.20. The molecular formula is C16H17NO4. The molecule has 2 N–H and O–H groups in total. The van der Waals surface area contributed by atoms with Crippen molar-refractivity contribution in [2.45, 2.75) is 25.6 Å². The van der Waals surface area contributed by atoms with Crippen LogP contribution in [0, 0.1) is 30.6 Å². The molecule has 2 aliphatic carbocycles. The molecule has 0 spiro atoms. The summed E-state index contributed by atoms with van der Waals surface area (Å²) in [6.07, 6.45) is -0.392. The van der Waals surface area contributed by atoms with Crippen LogP contribution in [0.2, 0.25) is 0 Å². The summed E-state index contributed by atoms with van der Waals surface area (Å²) in [6, 6.07) is 7.52. The lowest BCUT2D eigenvalue weighted by atomic mass is 9.78. The first-order valence-corrected chi connectivity index (χ1v) is 7.32. The SMILES string of the molecule is Cc1ccc(NC(=O)[C@@H]2[C@H]3C[C@H]4[C@H](OC(=O)[C@H]42)[C@H]3O)cc1. The number of benzene rings is 1. The van der Waals surface area contributed by atoms with Gasteiger partial charge in [0.05, 0.1) is 17.9 Å². The summed E-state index contributed by atoms with van der Waals surface area (Å²) in [5.74, 6) is -1.53. The second-order valence-electron chi connectivity index (χ2n) is 6.36. The minimum absolute atomic E-state index is 0.00580. The van der Waals surface area contributed by atoms with Crippen molar-refractivity contribution in [2.75, 3.05) is 5.32 Å². The highest BCUT2D eigenvalue weighted by Gasteiger charge is 2.68. The van der Waals surface area contributed by atoms with Gasteiger partial charge in [0.1, 0.15) is 6.10 Å². The molecule has 6 atom stereocenters. The first-order valence-electron chi connectivity index (χ1n) is 7.32. The maximum Gasteiger partial charge on any atom is 0.310 e. The summed E-state index contributed by atoms with van der Waals surface area (Å²) < 4.78 is 5.23. The van der Waals surface area contributed by atoms with Gasteiger partial charge in [0.2, 0.25) is 5.91 Å². The zero-order valence-electron chi connectivity index (χ0n) is 11.7. The van der Waals surface area contributed by atoms with E-state index >= 15 is 0 Å². The quantitative estimate of drug-likeness (QED) is 0.799. The summed E-state index contributed by atoms with van der Waals surface area (Å²) in [6.45, 7) is 1.98. The average Bonchev–Trinajstić information content (AvgIpc) is 3.05. The molecule has 4 rings (SSSR count). The topological polar surface area (TPSA) is 75.6 Å². The molecule has 0 unspecified atom stereocenters. The molecule has 110 valence electrons. The van der Waals surface area contributed by atoms with Crippen molar-refractivity contribution in [1.82, 2.24) is 0 Å². The van der Waals surface area contributed by atoms with Gasteiger partial charge in [-0.15, -0.1) is 0 Å². The number of hydrogen-bond donors (Lipinski definition) is 2. The van der Waals surface area contributed by atoms with Crippen molar-refractivity contribution < 1.29 is 19.4 Å². The van der Waals surface area contributed by atoms with Gasteiger partial charge in [-0.2, -0.15) is 0 Å². The van der Waals surface area contributed by atoms with E-state index in [4.69, 9.17) is 4.74 Å². The molecule has 0 aromatic heterocycles. The van der Waals surface area contributed by atoms with Crippen molar-refractivity contribution in [3.05, 3.63) is 29.8 Å². The van der Waals surface area contributed by atoms with Crippen LogP contribution in [0.4, 0.5) is 5.69 Å². The number of hydrogen-bond acceptors (Lipinski definition) is 4. The Hall–Kier alpha value is -1.88. The Morgan fingerprint density at radius 3 is 2.71 bits per heavy atom. The molecule has 1 heterocycles. The molecule has 1 amide bonds. The van der Waals surface area contributed by atoms with Gasteiger partial charge in [-0.1, -0.05) is 17.7 Å². The van der Waals surface area contributed by atoms with E-state index in [1.807, 2.05) is 31.2 Å². The predicted molar refractivity (Wildman–Crippen MR) is 74.3 cm³/mol. The first kappa shape index (κ1) is 12.8. The molecule has 1 aromatic carbocycles. The molecular weight excluding hydrogens is 270 g/mol. The van der Waals surface area contributed by atoms with E-state index in [0.717, 1.165) is 5.56 Å². The van der Waals surface area contributed by atoms with Gasteiger partial charge >= 0.3 is 5.97 Å². The molecule has 3 fully saturated rings. The van der Waals surface area contributed by atoms with E-state index in [9.17, 15) is 14.7 Å². The van der Waals surface area contributed by atoms with Gasteiger partial charge in [-0.05, 0) is 25.5 Å². The molecule has 1 saturated heterocycles. The van der Waals surface area contributed by atoms with Crippen molar-refractivity contribution in [1.29, 1.82) is 0 Å². The van der Waals surface area contributed by atoms with Crippen molar-refractivity contribution in [2.24, 2.45) is 23.7 Å². The van der Waals surface area contributed by atoms with Crippen molar-refractivity contribution in [3.8, 4) is 0 Å². The monoisotopic (exact) mass is 287 g/mol. The Kier molecular flexibility index (Phi) is 2.63. The van der Waals surface area contributed by atoms with Crippen molar-refractivity contribution >= 4 is 17.6 Å². The lowest BCUT2D eigenvalue weighted by Crippen LogP contribution is -2.42. The van der Waals surface area contributed by atoms with Gasteiger partial charge in [0.25, 0.3) is 0 Å². The largest absolute Gasteiger partial charge is 0.459 e. The van der Waals surface area contributed by atoms with Crippen molar-refractivity contribution in [3.63, 3.8) is 0 Å². The number of nitrogens with one attached hydrogen (secondary N) is 1. The highest BCUT2D eigenvalue weighted by Crippen LogP contribution is 2.57. The molecule has 2 saturated carbocycles. The average molecular weight is 287 g/mol. The molecule has 5 nitrogen and oxygen atoms in total. The third kappa shape index (κ3) is 1.73. The van der Waals surface area contributed by atoms with Gasteiger partial charge in [-0.25, -0.2) is 0 Å². The number of aryl methyl sites for hydroxylation is 1. The minimum atomic E-state index is -0.702. The number of fused-ring (bicyclic) bond motifs is 1. The molecule has 21 heavy (non-hydrogen) atoms. The fraction of sp³-hybridized carbons (Fsp3) is 0.500. The number of aliphatic hydroxyl groups excluding tert-OH is 1. The van der Waals surface area contributed by atoms with Crippen LogP contribution in [0.15, 0.2) is 24.3 Å². The fourth-order valence-electron chi connectivity index (χ4n) is 4.24. The predicted octanol–water partition coefficient (Wildman–Crippen LogP) is 1.10. The fourth-order valence-corrected chi connectivity index (χ4v) is 4.24. The number of aliphatic hydroxyl groups is 1. The van der Waals surface area contributed by atoms with E-state index in [-0.39, 0.29) is 29.6 Å². The summed E-state index contributed by atoms with van der Waals surface area (Å²) in [4.78, 5) is 24.5. The normalized spacial score (nSPS) is 39.4. The second-order valence-corrected chi connectivity index (χ2v) is 6.36. The van der Waals surface area contributed by atoms with Crippen LogP contribution < -0.4 is 5.32 Å². The van der Waals surface area contributed by atoms with Crippen LogP contribution in [0.25, 0.3) is 0 Å². The first-order chi connectivity index (χ1) is 10.1. The number of ether oxygens (including phenoxy) is 1. The van der Waals surface area contributed by atoms with Crippen LogP contribution >= 0.6 is 0 Å². The number of carbonyl (C=O) groups excluding carboxylic acids is 2. The molecule has 1 aromatic rings. The Bertz CT molecular complexity index is 611. The highest BCUT2D eigenvalue weighted by atomic mass is 16.6. The van der Waals surface area contributed by atoms with E-state index in [2.05, 4.69) is 5.32 Å². The van der Waals surface area contributed by atoms with Crippen LogP contribution in [-0.2, 0) is 14.3 Å². The van der Waals surface area contributed by atoms with Gasteiger partial charge in [0.15, 0.2) is 0 Å². The van der Waals surface area contributed by atoms with Crippen LogP contribution in [0.3, 0.4) is 0 Å². The zero-order chi connectivity index (χ0) is 14.7. The van der Waals surface area contributed by atoms with Gasteiger partial charge in [-0.3, -0.25) is 9.59 Å². The number of anilines is 1. The summed E-state index contributed by atoms with van der Waals surface area (Å²) in [7, 11) is 0. The highest BCUT2D eigenvalue weighted by molar-refractivity contribution is 5.97. The van der Waals surface area contributed by atoms with E-state index < -0.39 is 18.1 Å². The Balaban J connectivity index is 1.57. The lowest BCUT2D eigenvalue weighted by molar-refractivity contribution is -0.146. The standard InChI is InChI=1S/C16H17NO4/c1-7-2-4-8(5-3-7)17-15(19)11-9-6-10-12(11)16(20)21-14(10)13(9)18/h2-5,9-14,18H,6H2,1H3,(H,17,19)/t9-,10-,11-,12-,13+,14+/m1/s1. The molecule has 2 bridgehead atoms. The summed E-state index contributed by atoms with van der Waals surface area (Å²) >= 11 is 0. The van der Waals surface area contributed by atoms with Crippen LogP contribution in [-0.4, -0.2) is 29.2 Å². The molecule has 3 aliphatic rings. The van der Waals surface area contributed by atoms with Crippen LogP contribution in [0.1, 0.15) is 12.0 Å². The Morgan fingerprint density at radius 1 is 1.29 bits per heavy atom.